The number of hydrogen-bond acceptors (Lipinski definition) is 5. The Hall–Kier alpha value is -4.32. The van der Waals surface area contributed by atoms with Crippen molar-refractivity contribution in [3.63, 3.8) is 0 Å². The highest BCUT2D eigenvalue weighted by Crippen LogP contribution is 2.36. The summed E-state index contributed by atoms with van der Waals surface area (Å²) >= 11 is 5.62. The maximum Gasteiger partial charge on any atom is 0.417 e. The number of rotatable bonds is 5. The van der Waals surface area contributed by atoms with E-state index in [1.54, 1.807) is 30.5 Å². The largest absolute Gasteiger partial charge is 0.417 e. The fraction of sp³-hybridized carbons (Fsp3) is 0.167. The zero-order chi connectivity index (χ0) is 26.3. The van der Waals surface area contributed by atoms with Gasteiger partial charge in [0.1, 0.15) is 11.8 Å². The highest BCUT2D eigenvalue weighted by Gasteiger charge is 2.33. The molecule has 5 rings (SSSR count). The first-order valence-electron chi connectivity index (χ1n) is 11.1. The molecular weight excluding hydrogens is 511 g/mol. The van der Waals surface area contributed by atoms with Crippen LogP contribution in [0.25, 0.3) is 16.6 Å². The van der Waals surface area contributed by atoms with Gasteiger partial charge in [0.15, 0.2) is 5.82 Å². The van der Waals surface area contributed by atoms with Gasteiger partial charge in [0.2, 0.25) is 0 Å². The molecule has 2 heterocycles. The quantitative estimate of drug-likeness (QED) is 0.283. The second kappa shape index (κ2) is 9.28. The van der Waals surface area contributed by atoms with E-state index < -0.39 is 22.8 Å². The Kier molecular flexibility index (Phi) is 6.12. The number of carbonyl (C=O) groups is 2. The number of carbonyl (C=O) groups excluding carboxylic acids is 2. The fourth-order valence-corrected chi connectivity index (χ4v) is 4.05. The molecule has 1 fully saturated rings. The third-order valence-corrected chi connectivity index (χ3v) is 6.05. The average molecular weight is 530 g/mol. The number of anilines is 3. The smallest absolute Gasteiger partial charge is 0.382 e. The summed E-state index contributed by atoms with van der Waals surface area (Å²) in [7, 11) is 0. The van der Waals surface area contributed by atoms with Crippen LogP contribution < -0.4 is 21.7 Å². The molecule has 190 valence electrons. The predicted molar refractivity (Wildman–Crippen MR) is 132 cm³/mol. The van der Waals surface area contributed by atoms with Crippen LogP contribution >= 0.6 is 11.6 Å². The number of amides is 3. The second-order valence-corrected chi connectivity index (χ2v) is 8.86. The summed E-state index contributed by atoms with van der Waals surface area (Å²) < 4.78 is 40.7. The van der Waals surface area contributed by atoms with Crippen LogP contribution in [0.2, 0.25) is 5.02 Å². The Morgan fingerprint density at radius 1 is 1.05 bits per heavy atom. The molecule has 1 aliphatic carbocycles. The zero-order valence-corrected chi connectivity index (χ0v) is 19.7. The summed E-state index contributed by atoms with van der Waals surface area (Å²) in [5.74, 6) is -0.0663. The van der Waals surface area contributed by atoms with Gasteiger partial charge in [-0.3, -0.25) is 4.79 Å². The van der Waals surface area contributed by atoms with Gasteiger partial charge >= 0.3 is 12.2 Å². The number of urea groups is 1. The molecule has 2 aromatic carbocycles. The number of hydrogen-bond donors (Lipinski definition) is 4. The Labute approximate surface area is 212 Å². The van der Waals surface area contributed by atoms with E-state index in [1.807, 2.05) is 0 Å². The summed E-state index contributed by atoms with van der Waals surface area (Å²) in [6, 6.07) is 9.00. The van der Waals surface area contributed by atoms with Gasteiger partial charge < -0.3 is 21.7 Å². The summed E-state index contributed by atoms with van der Waals surface area (Å²) in [6.45, 7) is 0. The van der Waals surface area contributed by atoms with Crippen molar-refractivity contribution in [3.8, 4) is 11.1 Å². The maximum atomic E-state index is 13.1. The van der Waals surface area contributed by atoms with Crippen molar-refractivity contribution < 1.29 is 22.8 Å². The number of nitrogens with two attached hydrogens (primary N) is 1. The first kappa shape index (κ1) is 24.4. The lowest BCUT2D eigenvalue weighted by atomic mass is 10.0. The molecule has 3 amide bonds. The Morgan fingerprint density at radius 3 is 2.41 bits per heavy atom. The maximum absolute atomic E-state index is 13.1. The summed E-state index contributed by atoms with van der Waals surface area (Å²) in [5, 5.41) is 11.5. The van der Waals surface area contributed by atoms with Crippen LogP contribution in [0.1, 0.15) is 28.8 Å². The fourth-order valence-electron chi connectivity index (χ4n) is 3.82. The summed E-state index contributed by atoms with van der Waals surface area (Å²) in [6.07, 6.45) is 0.0614. The van der Waals surface area contributed by atoms with Gasteiger partial charge in [0, 0.05) is 29.2 Å². The van der Waals surface area contributed by atoms with E-state index in [0.29, 0.717) is 27.9 Å². The van der Waals surface area contributed by atoms with Crippen molar-refractivity contribution in [1.82, 2.24) is 19.9 Å². The Balaban J connectivity index is 1.38. The first-order valence-corrected chi connectivity index (χ1v) is 11.5. The molecule has 0 aliphatic heterocycles. The van der Waals surface area contributed by atoms with Gasteiger partial charge in [-0.05, 0) is 48.7 Å². The lowest BCUT2D eigenvalue weighted by molar-refractivity contribution is -0.137. The minimum atomic E-state index is -4.66. The molecule has 5 N–H and O–H groups in total. The van der Waals surface area contributed by atoms with Gasteiger partial charge in [-0.15, -0.1) is 0 Å². The minimum Gasteiger partial charge on any atom is -0.382 e. The van der Waals surface area contributed by atoms with Crippen molar-refractivity contribution >= 4 is 46.2 Å². The summed E-state index contributed by atoms with van der Waals surface area (Å²) in [4.78, 5) is 29.3. The molecule has 0 atom stereocenters. The molecule has 4 aromatic rings. The number of nitrogens with zero attached hydrogens (tertiary/aromatic N) is 3. The van der Waals surface area contributed by atoms with Crippen LogP contribution in [-0.2, 0) is 6.18 Å². The number of alkyl halides is 3. The molecule has 0 bridgehead atoms. The van der Waals surface area contributed by atoms with Crippen molar-refractivity contribution in [2.45, 2.75) is 25.1 Å². The number of fused-ring (bicyclic) bond motifs is 1. The van der Waals surface area contributed by atoms with Gasteiger partial charge in [-0.25, -0.2) is 14.3 Å². The van der Waals surface area contributed by atoms with Crippen LogP contribution in [0.15, 0.2) is 55.0 Å². The number of aromatic nitrogens is 3. The molecule has 0 spiro atoms. The van der Waals surface area contributed by atoms with Crippen molar-refractivity contribution in [3.05, 3.63) is 71.1 Å². The molecular formula is C24H19ClF3N7O2. The molecule has 2 aromatic heterocycles. The van der Waals surface area contributed by atoms with Crippen LogP contribution in [0.3, 0.4) is 0 Å². The van der Waals surface area contributed by atoms with Gasteiger partial charge in [0.25, 0.3) is 5.91 Å². The van der Waals surface area contributed by atoms with Crippen LogP contribution in [0, 0.1) is 0 Å². The van der Waals surface area contributed by atoms with E-state index in [4.69, 9.17) is 17.3 Å². The Bertz CT molecular complexity index is 1520. The lowest BCUT2D eigenvalue weighted by Crippen LogP contribution is -2.25. The van der Waals surface area contributed by atoms with Crippen LogP contribution in [0.4, 0.5) is 35.2 Å². The zero-order valence-electron chi connectivity index (χ0n) is 18.9. The topological polar surface area (TPSA) is 126 Å². The lowest BCUT2D eigenvalue weighted by Gasteiger charge is -2.13. The molecule has 13 heteroatoms. The average Bonchev–Trinajstić information content (AvgIpc) is 3.56. The number of benzene rings is 2. The number of halogens is 4. The highest BCUT2D eigenvalue weighted by molar-refractivity contribution is 6.31. The standard InChI is InChI=1S/C24H19ClF3N7O2/c25-18-8-7-15(9-17(18)24(26,27)28)34-23(37)33-14-3-1-12(2-4-14)19-16(22(36)32-13-5-6-13)10-35-20(19)21(29)30-11-31-35/h1-4,7-11,13H,5-6H2,(H,32,36)(H2,29,30,31)(H2,33,34,37). The highest BCUT2D eigenvalue weighted by atomic mass is 35.5. The van der Waals surface area contributed by atoms with Crippen LogP contribution in [0.5, 0.6) is 0 Å². The van der Waals surface area contributed by atoms with E-state index in [0.717, 1.165) is 25.0 Å². The normalized spacial score (nSPS) is 13.4. The van der Waals surface area contributed by atoms with Gasteiger partial charge in [-0.2, -0.15) is 18.3 Å². The molecule has 1 saturated carbocycles. The predicted octanol–water partition coefficient (Wildman–Crippen LogP) is 5.19. The van der Waals surface area contributed by atoms with Crippen molar-refractivity contribution in [2.24, 2.45) is 0 Å². The molecule has 37 heavy (non-hydrogen) atoms. The Morgan fingerprint density at radius 2 is 1.73 bits per heavy atom. The van der Waals surface area contributed by atoms with E-state index in [1.165, 1.54) is 16.9 Å². The van der Waals surface area contributed by atoms with E-state index in [-0.39, 0.29) is 23.5 Å². The number of nitrogen functional groups attached to an aromatic ring is 1. The number of nitrogens with one attached hydrogen (secondary N) is 3. The third-order valence-electron chi connectivity index (χ3n) is 5.72. The molecule has 9 nitrogen and oxygen atoms in total. The minimum absolute atomic E-state index is 0.0760. The first-order chi connectivity index (χ1) is 17.6. The monoisotopic (exact) mass is 529 g/mol. The van der Waals surface area contributed by atoms with Crippen LogP contribution in [-0.4, -0.2) is 32.6 Å². The van der Waals surface area contributed by atoms with E-state index in [2.05, 4.69) is 26.0 Å². The summed E-state index contributed by atoms with van der Waals surface area (Å²) in [5.41, 5.74) is 7.33. The third kappa shape index (κ3) is 5.14. The molecule has 0 radical (unpaired) electrons. The molecule has 1 aliphatic rings. The van der Waals surface area contributed by atoms with E-state index in [9.17, 15) is 22.8 Å². The molecule has 0 saturated heterocycles. The van der Waals surface area contributed by atoms with Gasteiger partial charge in [0.05, 0.1) is 16.1 Å². The second-order valence-electron chi connectivity index (χ2n) is 8.45. The van der Waals surface area contributed by atoms with Gasteiger partial charge in [-0.1, -0.05) is 23.7 Å². The van der Waals surface area contributed by atoms with E-state index >= 15 is 0 Å². The van der Waals surface area contributed by atoms with Crippen molar-refractivity contribution in [1.29, 1.82) is 0 Å². The SMILES string of the molecule is Nc1ncnn2cc(C(=O)NC3CC3)c(-c3ccc(NC(=O)Nc4ccc(Cl)c(C(F)(F)F)c4)cc3)c12. The van der Waals surface area contributed by atoms with Crippen molar-refractivity contribution in [2.75, 3.05) is 16.4 Å². The molecule has 0 unspecified atom stereocenters.